The lowest BCUT2D eigenvalue weighted by atomic mass is 10.1. The van der Waals surface area contributed by atoms with Crippen LogP contribution in [0.15, 0.2) is 53.6 Å². The van der Waals surface area contributed by atoms with Gasteiger partial charge in [0.05, 0.1) is 18.9 Å². The molecular formula is C24H27FN4O5S. The molecule has 0 atom stereocenters. The fraction of sp³-hybridized carbons (Fsp3) is 0.292. The highest BCUT2D eigenvalue weighted by atomic mass is 32.2. The monoisotopic (exact) mass is 502 g/mol. The topological polar surface area (TPSA) is 134 Å². The summed E-state index contributed by atoms with van der Waals surface area (Å²) in [5, 5.41) is -0.403. The molecule has 1 amide bonds. The molecule has 0 aliphatic carbocycles. The zero-order valence-electron chi connectivity index (χ0n) is 19.6. The van der Waals surface area contributed by atoms with Gasteiger partial charge in [-0.05, 0) is 48.7 Å². The van der Waals surface area contributed by atoms with Crippen LogP contribution in [-0.2, 0) is 10.0 Å². The Kier molecular flexibility index (Phi) is 8.23. The lowest BCUT2D eigenvalue weighted by molar-refractivity contribution is 0.0976. The first-order valence-corrected chi connectivity index (χ1v) is 12.4. The second-order valence-electron chi connectivity index (χ2n) is 8.11. The van der Waals surface area contributed by atoms with E-state index in [0.29, 0.717) is 30.0 Å². The van der Waals surface area contributed by atoms with Crippen molar-refractivity contribution in [2.24, 2.45) is 5.92 Å². The first-order valence-electron chi connectivity index (χ1n) is 11.0. The molecule has 9 nitrogen and oxygen atoms in total. The molecule has 35 heavy (non-hydrogen) atoms. The molecule has 0 saturated carbocycles. The van der Waals surface area contributed by atoms with Crippen LogP contribution in [0.2, 0.25) is 0 Å². The summed E-state index contributed by atoms with van der Waals surface area (Å²) >= 11 is 0. The minimum Gasteiger partial charge on any atom is -0.493 e. The van der Waals surface area contributed by atoms with Crippen LogP contribution in [0.4, 0.5) is 10.2 Å². The van der Waals surface area contributed by atoms with Crippen LogP contribution in [0.1, 0.15) is 37.6 Å². The highest BCUT2D eigenvalue weighted by Gasteiger charge is 2.24. The summed E-state index contributed by atoms with van der Waals surface area (Å²) in [6, 6.07) is 11.1. The van der Waals surface area contributed by atoms with Gasteiger partial charge in [-0.25, -0.2) is 19.1 Å². The molecule has 2 aromatic heterocycles. The highest BCUT2D eigenvalue weighted by Crippen LogP contribution is 2.28. The van der Waals surface area contributed by atoms with Gasteiger partial charge >= 0.3 is 0 Å². The largest absolute Gasteiger partial charge is 0.493 e. The standard InChI is InChI=1S/C24H27FN4O5S/c1-4-10-33-24-19(23(30)29-35(31,32)22-7-5-6-21(26)28-22)8-9-20(27-24)16-11-17(25)13-18(12-16)34-14-15(2)3/h5-9,11-13,15H,4,10,14H2,1-3H3,(H2,26,28)(H,29,30). The molecule has 11 heteroatoms. The number of benzene rings is 1. The second-order valence-corrected chi connectivity index (χ2v) is 9.74. The maximum Gasteiger partial charge on any atom is 0.281 e. The van der Waals surface area contributed by atoms with Crippen molar-refractivity contribution in [1.29, 1.82) is 0 Å². The number of halogens is 1. The zero-order chi connectivity index (χ0) is 25.6. The van der Waals surface area contributed by atoms with Gasteiger partial charge in [0.2, 0.25) is 5.88 Å². The molecule has 0 aliphatic rings. The van der Waals surface area contributed by atoms with E-state index in [0.717, 1.165) is 0 Å². The molecule has 3 N–H and O–H groups in total. The first kappa shape index (κ1) is 25.9. The average Bonchev–Trinajstić information content (AvgIpc) is 2.80. The maximum absolute atomic E-state index is 14.2. The normalized spacial score (nSPS) is 11.3. The number of carbonyl (C=O) groups is 1. The van der Waals surface area contributed by atoms with Crippen molar-refractivity contribution in [3.8, 4) is 22.9 Å². The number of nitrogens with one attached hydrogen (secondary N) is 1. The Bertz CT molecular complexity index is 1320. The predicted molar refractivity (Wildman–Crippen MR) is 129 cm³/mol. The van der Waals surface area contributed by atoms with Crippen LogP contribution >= 0.6 is 0 Å². The third-order valence-electron chi connectivity index (χ3n) is 4.55. The van der Waals surface area contributed by atoms with Gasteiger partial charge in [0.25, 0.3) is 15.9 Å². The lowest BCUT2D eigenvalue weighted by Crippen LogP contribution is -2.31. The summed E-state index contributed by atoms with van der Waals surface area (Å²) in [5.41, 5.74) is 6.17. The number of sulfonamides is 1. The van der Waals surface area contributed by atoms with E-state index in [9.17, 15) is 17.6 Å². The van der Waals surface area contributed by atoms with E-state index in [4.69, 9.17) is 15.2 Å². The molecule has 1 aromatic carbocycles. The molecule has 0 fully saturated rings. The van der Waals surface area contributed by atoms with Crippen molar-refractivity contribution in [3.05, 3.63) is 59.9 Å². The van der Waals surface area contributed by atoms with Crippen molar-refractivity contribution >= 4 is 21.7 Å². The molecule has 0 radical (unpaired) electrons. The number of anilines is 1. The van der Waals surface area contributed by atoms with Gasteiger partial charge in [-0.2, -0.15) is 8.42 Å². The van der Waals surface area contributed by atoms with E-state index in [2.05, 4.69) is 9.97 Å². The maximum atomic E-state index is 14.2. The second kappa shape index (κ2) is 11.1. The van der Waals surface area contributed by atoms with Crippen molar-refractivity contribution in [2.45, 2.75) is 32.2 Å². The Balaban J connectivity index is 1.94. The minimum absolute atomic E-state index is 0.00912. The Hall–Kier alpha value is -3.73. The van der Waals surface area contributed by atoms with Crippen molar-refractivity contribution < 1.29 is 27.1 Å². The van der Waals surface area contributed by atoms with Crippen LogP contribution in [0.3, 0.4) is 0 Å². The van der Waals surface area contributed by atoms with Gasteiger partial charge in [-0.15, -0.1) is 0 Å². The minimum atomic E-state index is -4.29. The van der Waals surface area contributed by atoms with Gasteiger partial charge in [-0.3, -0.25) is 4.79 Å². The first-order chi connectivity index (χ1) is 16.6. The van der Waals surface area contributed by atoms with E-state index in [1.54, 1.807) is 6.07 Å². The fourth-order valence-electron chi connectivity index (χ4n) is 2.95. The number of nitrogen functional groups attached to an aromatic ring is 1. The van der Waals surface area contributed by atoms with E-state index in [-0.39, 0.29) is 29.8 Å². The third-order valence-corrected chi connectivity index (χ3v) is 5.78. The van der Waals surface area contributed by atoms with Crippen molar-refractivity contribution in [3.63, 3.8) is 0 Å². The summed E-state index contributed by atoms with van der Waals surface area (Å²) in [7, 11) is -4.29. The van der Waals surface area contributed by atoms with Crippen LogP contribution in [0, 0.1) is 11.7 Å². The van der Waals surface area contributed by atoms with Gasteiger partial charge < -0.3 is 15.2 Å². The number of hydrogen-bond acceptors (Lipinski definition) is 8. The number of amides is 1. The molecule has 0 aliphatic heterocycles. The fourth-order valence-corrected chi connectivity index (χ4v) is 3.89. The summed E-state index contributed by atoms with van der Waals surface area (Å²) < 4.78 is 52.6. The van der Waals surface area contributed by atoms with Gasteiger partial charge in [0, 0.05) is 11.6 Å². The van der Waals surface area contributed by atoms with Gasteiger partial charge in [-0.1, -0.05) is 26.8 Å². The number of nitrogens with two attached hydrogens (primary N) is 1. The molecule has 0 bridgehead atoms. The Morgan fingerprint density at radius 1 is 1.11 bits per heavy atom. The molecule has 2 heterocycles. The SMILES string of the molecule is CCCOc1nc(-c2cc(F)cc(OCC(C)C)c2)ccc1C(=O)NS(=O)(=O)c1cccc(N)n1. The summed E-state index contributed by atoms with van der Waals surface area (Å²) in [6.07, 6.45) is 0.617. The number of hydrogen-bond donors (Lipinski definition) is 2. The summed E-state index contributed by atoms with van der Waals surface area (Å²) in [6.45, 7) is 6.46. The number of carbonyl (C=O) groups excluding carboxylic acids is 1. The van der Waals surface area contributed by atoms with Gasteiger partial charge in [0.1, 0.15) is 22.9 Å². The molecule has 3 rings (SSSR count). The zero-order valence-corrected chi connectivity index (χ0v) is 20.4. The Labute approximate surface area is 203 Å². The lowest BCUT2D eigenvalue weighted by Gasteiger charge is -2.13. The molecule has 186 valence electrons. The van der Waals surface area contributed by atoms with Crippen molar-refractivity contribution in [1.82, 2.24) is 14.7 Å². The Morgan fingerprint density at radius 3 is 2.57 bits per heavy atom. The number of aromatic nitrogens is 2. The number of ether oxygens (including phenoxy) is 2. The summed E-state index contributed by atoms with van der Waals surface area (Å²) in [4.78, 5) is 21.0. The van der Waals surface area contributed by atoms with E-state index in [1.165, 1.54) is 42.5 Å². The Morgan fingerprint density at radius 2 is 1.89 bits per heavy atom. The van der Waals surface area contributed by atoms with Crippen LogP contribution < -0.4 is 19.9 Å². The van der Waals surface area contributed by atoms with Gasteiger partial charge in [0.15, 0.2) is 5.03 Å². The summed E-state index contributed by atoms with van der Waals surface area (Å²) in [5.74, 6) is -0.975. The van der Waals surface area contributed by atoms with Crippen molar-refractivity contribution in [2.75, 3.05) is 18.9 Å². The third kappa shape index (κ3) is 6.89. The van der Waals surface area contributed by atoms with Crippen LogP contribution in [-0.4, -0.2) is 37.5 Å². The molecule has 0 saturated heterocycles. The van der Waals surface area contributed by atoms with Crippen LogP contribution in [0.25, 0.3) is 11.3 Å². The number of rotatable bonds is 10. The number of pyridine rings is 2. The van der Waals surface area contributed by atoms with E-state index < -0.39 is 26.8 Å². The van der Waals surface area contributed by atoms with E-state index >= 15 is 0 Å². The molecule has 3 aromatic rings. The van der Waals surface area contributed by atoms with E-state index in [1.807, 2.05) is 25.5 Å². The smallest absolute Gasteiger partial charge is 0.281 e. The average molecular weight is 503 g/mol. The number of nitrogens with zero attached hydrogens (tertiary/aromatic N) is 2. The predicted octanol–water partition coefficient (Wildman–Crippen LogP) is 3.81. The molecule has 0 spiro atoms. The molecular weight excluding hydrogens is 475 g/mol. The van der Waals surface area contributed by atoms with Crippen LogP contribution in [0.5, 0.6) is 11.6 Å². The quantitative estimate of drug-likeness (QED) is 0.428. The molecule has 0 unspecified atom stereocenters. The highest BCUT2D eigenvalue weighted by molar-refractivity contribution is 7.90.